The highest BCUT2D eigenvalue weighted by atomic mass is 32.2. The van der Waals surface area contributed by atoms with Gasteiger partial charge in [-0.05, 0) is 73.4 Å². The fourth-order valence-electron chi connectivity index (χ4n) is 4.23. The number of hydrogen-bond donors (Lipinski definition) is 0. The third-order valence-electron chi connectivity index (χ3n) is 6.07. The van der Waals surface area contributed by atoms with E-state index < -0.39 is 10.0 Å². The average Bonchev–Trinajstić information content (AvgIpc) is 3.51. The van der Waals surface area contributed by atoms with Crippen molar-refractivity contribution >= 4 is 42.6 Å². The van der Waals surface area contributed by atoms with Crippen LogP contribution in [-0.4, -0.2) is 36.7 Å². The SMILES string of the molecule is CC1CCCN(S(=O)(=O)c2ccc(C(=O)N(Cc3ccco3)c3nc4ccc(F)cc4s3)cc2)C1. The molecular formula is C25H24FN3O4S2. The molecule has 1 saturated heterocycles. The van der Waals surface area contributed by atoms with Gasteiger partial charge < -0.3 is 4.42 Å². The second kappa shape index (κ2) is 9.52. The van der Waals surface area contributed by atoms with Gasteiger partial charge in [0, 0.05) is 18.7 Å². The van der Waals surface area contributed by atoms with Crippen molar-refractivity contribution in [3.8, 4) is 0 Å². The van der Waals surface area contributed by atoms with E-state index in [-0.39, 0.29) is 23.2 Å². The smallest absolute Gasteiger partial charge is 0.260 e. The maximum absolute atomic E-state index is 13.7. The van der Waals surface area contributed by atoms with E-state index in [0.717, 1.165) is 12.8 Å². The number of thiazole rings is 1. The zero-order valence-corrected chi connectivity index (χ0v) is 20.7. The minimum absolute atomic E-state index is 0.125. The first-order valence-corrected chi connectivity index (χ1v) is 13.6. The summed E-state index contributed by atoms with van der Waals surface area (Å²) >= 11 is 1.20. The molecule has 10 heteroatoms. The highest BCUT2D eigenvalue weighted by Gasteiger charge is 2.29. The molecule has 0 radical (unpaired) electrons. The number of furan rings is 1. The van der Waals surface area contributed by atoms with Crippen LogP contribution in [0.2, 0.25) is 0 Å². The zero-order chi connectivity index (χ0) is 24.6. The van der Waals surface area contributed by atoms with Crippen molar-refractivity contribution in [3.05, 3.63) is 78.0 Å². The molecule has 5 rings (SSSR count). The first kappa shape index (κ1) is 23.7. The predicted molar refractivity (Wildman–Crippen MR) is 132 cm³/mol. The summed E-state index contributed by atoms with van der Waals surface area (Å²) in [5.74, 6) is 0.131. The maximum atomic E-state index is 13.7. The van der Waals surface area contributed by atoms with E-state index in [1.54, 1.807) is 18.2 Å². The molecule has 1 unspecified atom stereocenters. The molecular weight excluding hydrogens is 489 g/mol. The van der Waals surface area contributed by atoms with Gasteiger partial charge in [0.05, 0.1) is 27.9 Å². The number of benzene rings is 2. The van der Waals surface area contributed by atoms with Crippen LogP contribution in [0.5, 0.6) is 0 Å². The first-order chi connectivity index (χ1) is 16.8. The van der Waals surface area contributed by atoms with Crippen molar-refractivity contribution < 1.29 is 22.0 Å². The molecule has 182 valence electrons. The Labute approximate surface area is 206 Å². The Morgan fingerprint density at radius 3 is 2.74 bits per heavy atom. The summed E-state index contributed by atoms with van der Waals surface area (Å²) in [5.41, 5.74) is 0.897. The molecule has 0 saturated carbocycles. The van der Waals surface area contributed by atoms with Crippen molar-refractivity contribution in [1.29, 1.82) is 0 Å². The van der Waals surface area contributed by atoms with Crippen molar-refractivity contribution in [2.45, 2.75) is 31.2 Å². The molecule has 4 aromatic rings. The van der Waals surface area contributed by atoms with E-state index in [9.17, 15) is 17.6 Å². The first-order valence-electron chi connectivity index (χ1n) is 11.3. The van der Waals surface area contributed by atoms with Gasteiger partial charge in [0.2, 0.25) is 10.0 Å². The molecule has 1 fully saturated rings. The number of piperidine rings is 1. The molecule has 2 aromatic heterocycles. The number of rotatable bonds is 6. The van der Waals surface area contributed by atoms with Crippen LogP contribution in [0.3, 0.4) is 0 Å². The molecule has 1 amide bonds. The molecule has 1 atom stereocenters. The van der Waals surface area contributed by atoms with Crippen LogP contribution in [0, 0.1) is 11.7 Å². The fraction of sp³-hybridized carbons (Fsp3) is 0.280. The number of carbonyl (C=O) groups is 1. The molecule has 7 nitrogen and oxygen atoms in total. The molecule has 0 bridgehead atoms. The summed E-state index contributed by atoms with van der Waals surface area (Å²) in [6.07, 6.45) is 3.38. The highest BCUT2D eigenvalue weighted by molar-refractivity contribution is 7.89. The fourth-order valence-corrected chi connectivity index (χ4v) is 6.81. The average molecular weight is 514 g/mol. The molecule has 2 aromatic carbocycles. The number of halogens is 1. The van der Waals surface area contributed by atoms with E-state index >= 15 is 0 Å². The van der Waals surface area contributed by atoms with E-state index in [1.807, 2.05) is 6.92 Å². The third kappa shape index (κ3) is 4.86. The lowest BCUT2D eigenvalue weighted by molar-refractivity contribution is 0.0983. The summed E-state index contributed by atoms with van der Waals surface area (Å²) in [6, 6.07) is 13.7. The summed E-state index contributed by atoms with van der Waals surface area (Å²) in [4.78, 5) is 19.7. The Bertz CT molecular complexity index is 1450. The Kier molecular flexibility index (Phi) is 6.43. The lowest BCUT2D eigenvalue weighted by Crippen LogP contribution is -2.39. The normalized spacial score (nSPS) is 17.0. The van der Waals surface area contributed by atoms with E-state index in [0.29, 0.717) is 45.7 Å². The second-order valence-electron chi connectivity index (χ2n) is 8.71. The van der Waals surface area contributed by atoms with Crippen LogP contribution in [0.4, 0.5) is 9.52 Å². The molecule has 3 heterocycles. The largest absolute Gasteiger partial charge is 0.467 e. The summed E-state index contributed by atoms with van der Waals surface area (Å²) in [7, 11) is -3.62. The van der Waals surface area contributed by atoms with Gasteiger partial charge in [0.15, 0.2) is 5.13 Å². The van der Waals surface area contributed by atoms with Crippen LogP contribution in [0.1, 0.15) is 35.9 Å². The van der Waals surface area contributed by atoms with Gasteiger partial charge in [0.25, 0.3) is 5.91 Å². The number of nitrogens with zero attached hydrogens (tertiary/aromatic N) is 3. The van der Waals surface area contributed by atoms with Gasteiger partial charge >= 0.3 is 0 Å². The molecule has 1 aliphatic heterocycles. The van der Waals surface area contributed by atoms with Crippen molar-refractivity contribution in [2.75, 3.05) is 18.0 Å². The molecule has 0 aliphatic carbocycles. The number of sulfonamides is 1. The summed E-state index contributed by atoms with van der Waals surface area (Å²) < 4.78 is 47.4. The molecule has 0 spiro atoms. The van der Waals surface area contributed by atoms with Crippen LogP contribution < -0.4 is 4.90 Å². The number of anilines is 1. The number of carbonyl (C=O) groups excluding carboxylic acids is 1. The van der Waals surface area contributed by atoms with Crippen molar-refractivity contribution in [2.24, 2.45) is 5.92 Å². The van der Waals surface area contributed by atoms with Crippen LogP contribution in [0.15, 0.2) is 70.2 Å². The Balaban J connectivity index is 1.45. The summed E-state index contributed by atoms with van der Waals surface area (Å²) in [5, 5.41) is 0.394. The zero-order valence-electron chi connectivity index (χ0n) is 19.1. The highest BCUT2D eigenvalue weighted by Crippen LogP contribution is 2.32. The Hall–Kier alpha value is -3.08. The predicted octanol–water partition coefficient (Wildman–Crippen LogP) is 5.30. The van der Waals surface area contributed by atoms with Gasteiger partial charge in [-0.25, -0.2) is 17.8 Å². The standard InChI is InChI=1S/C25H24FN3O4S2/c1-17-4-2-12-28(15-17)35(31,32)21-9-6-18(7-10-21)24(30)29(16-20-5-3-13-33-20)25-27-22-11-8-19(26)14-23(22)34-25/h3,5-11,13-14,17H,2,4,12,15-16H2,1H3. The number of fused-ring (bicyclic) bond motifs is 1. The lowest BCUT2D eigenvalue weighted by Gasteiger charge is -2.30. The van der Waals surface area contributed by atoms with E-state index in [1.165, 1.54) is 63.2 Å². The van der Waals surface area contributed by atoms with E-state index in [2.05, 4.69) is 4.98 Å². The van der Waals surface area contributed by atoms with Gasteiger partial charge in [0.1, 0.15) is 11.6 Å². The number of hydrogen-bond acceptors (Lipinski definition) is 6. The van der Waals surface area contributed by atoms with Gasteiger partial charge in [-0.3, -0.25) is 9.69 Å². The molecule has 0 N–H and O–H groups in total. The number of amides is 1. The minimum atomic E-state index is -3.62. The monoisotopic (exact) mass is 513 g/mol. The number of aromatic nitrogens is 1. The molecule has 35 heavy (non-hydrogen) atoms. The summed E-state index contributed by atoms with van der Waals surface area (Å²) in [6.45, 7) is 3.17. The lowest BCUT2D eigenvalue weighted by atomic mass is 10.0. The van der Waals surface area contributed by atoms with Gasteiger partial charge in [-0.15, -0.1) is 0 Å². The minimum Gasteiger partial charge on any atom is -0.467 e. The van der Waals surface area contributed by atoms with Crippen LogP contribution in [0.25, 0.3) is 10.2 Å². The second-order valence-corrected chi connectivity index (χ2v) is 11.7. The van der Waals surface area contributed by atoms with Crippen molar-refractivity contribution in [1.82, 2.24) is 9.29 Å². The van der Waals surface area contributed by atoms with Crippen molar-refractivity contribution in [3.63, 3.8) is 0 Å². The topological polar surface area (TPSA) is 83.7 Å². The molecule has 1 aliphatic rings. The third-order valence-corrected chi connectivity index (χ3v) is 8.99. The van der Waals surface area contributed by atoms with Crippen LogP contribution in [-0.2, 0) is 16.6 Å². The van der Waals surface area contributed by atoms with E-state index in [4.69, 9.17) is 4.42 Å². The maximum Gasteiger partial charge on any atom is 0.260 e. The van der Waals surface area contributed by atoms with Gasteiger partial charge in [-0.1, -0.05) is 18.3 Å². The van der Waals surface area contributed by atoms with Crippen LogP contribution >= 0.6 is 11.3 Å². The van der Waals surface area contributed by atoms with Gasteiger partial charge in [-0.2, -0.15) is 4.31 Å². The Morgan fingerprint density at radius 2 is 2.03 bits per heavy atom. The Morgan fingerprint density at radius 1 is 1.23 bits per heavy atom. The quantitative estimate of drug-likeness (QED) is 0.350.